The van der Waals surface area contributed by atoms with E-state index in [2.05, 4.69) is 65.0 Å². The Labute approximate surface area is 142 Å². The molecule has 0 atom stereocenters. The van der Waals surface area contributed by atoms with E-state index in [4.69, 9.17) is 4.74 Å². The Balaban J connectivity index is 1.73. The molecule has 122 valence electrons. The zero-order valence-corrected chi connectivity index (χ0v) is 14.3. The van der Waals surface area contributed by atoms with E-state index < -0.39 is 0 Å². The Morgan fingerprint density at radius 1 is 1.12 bits per heavy atom. The van der Waals surface area contributed by atoms with Crippen LogP contribution < -0.4 is 4.74 Å². The molecule has 4 rings (SSSR count). The second-order valence-corrected chi connectivity index (χ2v) is 6.36. The predicted octanol–water partition coefficient (Wildman–Crippen LogP) is 4.14. The Morgan fingerprint density at radius 2 is 1.96 bits per heavy atom. The van der Waals surface area contributed by atoms with Gasteiger partial charge in [0.15, 0.2) is 12.3 Å². The van der Waals surface area contributed by atoms with E-state index >= 15 is 0 Å². The summed E-state index contributed by atoms with van der Waals surface area (Å²) in [5.74, 6) is 0.933. The van der Waals surface area contributed by atoms with E-state index in [0.717, 1.165) is 25.3 Å². The number of benzene rings is 2. The molecule has 0 bridgehead atoms. The number of ether oxygens (including phenoxy) is 1. The highest BCUT2D eigenvalue weighted by atomic mass is 16.5. The Hall–Kier alpha value is -2.55. The molecule has 0 saturated carbocycles. The SMILES string of the molecule is CCOc1ccc2c3c([nH]c2c1)C(C)=[N+](Cc1ccccc1)CC3. The van der Waals surface area contributed by atoms with Crippen LogP contribution in [0.25, 0.3) is 10.9 Å². The maximum absolute atomic E-state index is 5.64. The molecule has 2 heterocycles. The van der Waals surface area contributed by atoms with Gasteiger partial charge >= 0.3 is 0 Å². The fourth-order valence-electron chi connectivity index (χ4n) is 3.63. The van der Waals surface area contributed by atoms with Gasteiger partial charge in [-0.05, 0) is 24.6 Å². The van der Waals surface area contributed by atoms with Crippen molar-refractivity contribution in [2.24, 2.45) is 0 Å². The first kappa shape index (κ1) is 15.0. The number of H-pyrrole nitrogens is 1. The van der Waals surface area contributed by atoms with Crippen molar-refractivity contribution in [3.63, 3.8) is 0 Å². The van der Waals surface area contributed by atoms with Gasteiger partial charge in [-0.15, -0.1) is 0 Å². The van der Waals surface area contributed by atoms with Gasteiger partial charge in [-0.25, -0.2) is 4.58 Å². The van der Waals surface area contributed by atoms with E-state index in [-0.39, 0.29) is 0 Å². The van der Waals surface area contributed by atoms with Crippen LogP contribution in [0.4, 0.5) is 0 Å². The summed E-state index contributed by atoms with van der Waals surface area (Å²) in [4.78, 5) is 3.62. The van der Waals surface area contributed by atoms with Crippen molar-refractivity contribution in [2.75, 3.05) is 13.2 Å². The quantitative estimate of drug-likeness (QED) is 0.719. The first-order valence-electron chi connectivity index (χ1n) is 8.66. The highest BCUT2D eigenvalue weighted by molar-refractivity contribution is 6.02. The van der Waals surface area contributed by atoms with E-state index in [1.807, 2.05) is 6.92 Å². The number of nitrogens with zero attached hydrogens (tertiary/aromatic N) is 1. The monoisotopic (exact) mass is 319 g/mol. The van der Waals surface area contributed by atoms with Gasteiger partial charge in [-0.1, -0.05) is 30.3 Å². The largest absolute Gasteiger partial charge is 0.494 e. The molecule has 3 heteroatoms. The second kappa shape index (κ2) is 6.16. The van der Waals surface area contributed by atoms with Crippen LogP contribution in [0.1, 0.15) is 30.7 Å². The number of hydrogen-bond donors (Lipinski definition) is 1. The van der Waals surface area contributed by atoms with Crippen LogP contribution in [0.3, 0.4) is 0 Å². The Bertz CT molecular complexity index is 906. The van der Waals surface area contributed by atoms with Crippen molar-refractivity contribution in [3.05, 3.63) is 65.4 Å². The smallest absolute Gasteiger partial charge is 0.197 e. The third-order valence-corrected chi connectivity index (χ3v) is 4.87. The van der Waals surface area contributed by atoms with Gasteiger partial charge in [0, 0.05) is 35.9 Å². The van der Waals surface area contributed by atoms with Gasteiger partial charge in [0.05, 0.1) is 6.61 Å². The lowest BCUT2D eigenvalue weighted by atomic mass is 10.0. The van der Waals surface area contributed by atoms with Crippen molar-refractivity contribution in [2.45, 2.75) is 26.8 Å². The van der Waals surface area contributed by atoms with E-state index in [1.165, 1.54) is 33.4 Å². The highest BCUT2D eigenvalue weighted by Gasteiger charge is 2.26. The molecular weight excluding hydrogens is 296 g/mol. The van der Waals surface area contributed by atoms with Crippen molar-refractivity contribution in [3.8, 4) is 5.75 Å². The molecule has 0 radical (unpaired) electrons. The summed E-state index contributed by atoms with van der Waals surface area (Å²) in [6, 6.07) is 17.1. The second-order valence-electron chi connectivity index (χ2n) is 6.36. The first-order chi connectivity index (χ1) is 11.8. The summed E-state index contributed by atoms with van der Waals surface area (Å²) < 4.78 is 8.10. The zero-order chi connectivity index (χ0) is 16.5. The molecule has 1 aromatic heterocycles. The molecule has 1 N–H and O–H groups in total. The minimum atomic E-state index is 0.696. The van der Waals surface area contributed by atoms with Crippen LogP contribution in [0.15, 0.2) is 48.5 Å². The maximum Gasteiger partial charge on any atom is 0.197 e. The van der Waals surface area contributed by atoms with Crippen LogP contribution in [0.2, 0.25) is 0 Å². The molecule has 1 aliphatic rings. The lowest BCUT2D eigenvalue weighted by molar-refractivity contribution is -0.545. The molecule has 0 amide bonds. The third-order valence-electron chi connectivity index (χ3n) is 4.87. The van der Waals surface area contributed by atoms with Crippen LogP contribution in [-0.4, -0.2) is 28.4 Å². The molecule has 24 heavy (non-hydrogen) atoms. The lowest BCUT2D eigenvalue weighted by Crippen LogP contribution is -2.27. The standard InChI is InChI=1S/C21H22N2O/c1-3-24-17-9-10-18-19-11-12-23(14-16-7-5-4-6-8-16)15(2)21(19)22-20(18)13-17/h4-10,13H,3,11-12,14H2,1-2H3/p+1. The average molecular weight is 319 g/mol. The number of aromatic amines is 1. The summed E-state index contributed by atoms with van der Waals surface area (Å²) in [6.45, 7) is 6.96. The number of aromatic nitrogens is 1. The van der Waals surface area contributed by atoms with Crippen LogP contribution >= 0.6 is 0 Å². The van der Waals surface area contributed by atoms with Gasteiger partial charge in [0.2, 0.25) is 0 Å². The number of fused-ring (bicyclic) bond motifs is 3. The molecule has 0 fully saturated rings. The predicted molar refractivity (Wildman–Crippen MR) is 98.2 cm³/mol. The van der Waals surface area contributed by atoms with E-state index in [9.17, 15) is 0 Å². The normalized spacial score (nSPS) is 14.1. The molecule has 0 saturated heterocycles. The van der Waals surface area contributed by atoms with Gasteiger partial charge in [-0.3, -0.25) is 0 Å². The molecule has 3 aromatic rings. The number of hydrogen-bond acceptors (Lipinski definition) is 1. The van der Waals surface area contributed by atoms with Crippen LogP contribution in [0.5, 0.6) is 5.75 Å². The topological polar surface area (TPSA) is 28.0 Å². The third kappa shape index (κ3) is 2.60. The van der Waals surface area contributed by atoms with Gasteiger partial charge < -0.3 is 9.72 Å². The molecule has 0 aliphatic carbocycles. The average Bonchev–Trinajstić information content (AvgIpc) is 2.97. The summed E-state index contributed by atoms with van der Waals surface area (Å²) in [6.07, 6.45) is 1.08. The minimum absolute atomic E-state index is 0.696. The summed E-state index contributed by atoms with van der Waals surface area (Å²) in [5, 5.41) is 1.33. The van der Waals surface area contributed by atoms with E-state index in [0.29, 0.717) is 6.61 Å². The highest BCUT2D eigenvalue weighted by Crippen LogP contribution is 2.29. The van der Waals surface area contributed by atoms with Crippen molar-refractivity contribution >= 4 is 16.6 Å². The molecule has 1 aliphatic heterocycles. The van der Waals surface area contributed by atoms with Crippen molar-refractivity contribution in [1.29, 1.82) is 0 Å². The van der Waals surface area contributed by atoms with Crippen molar-refractivity contribution in [1.82, 2.24) is 4.98 Å². The molecule has 0 unspecified atom stereocenters. The fraction of sp³-hybridized carbons (Fsp3) is 0.286. The summed E-state index contributed by atoms with van der Waals surface area (Å²) >= 11 is 0. The van der Waals surface area contributed by atoms with Gasteiger partial charge in [-0.2, -0.15) is 0 Å². The Kier molecular flexibility index (Phi) is 3.85. The molecule has 3 nitrogen and oxygen atoms in total. The summed E-state index contributed by atoms with van der Waals surface area (Å²) in [7, 11) is 0. The van der Waals surface area contributed by atoms with Gasteiger partial charge in [0.25, 0.3) is 0 Å². The van der Waals surface area contributed by atoms with Crippen LogP contribution in [0, 0.1) is 0 Å². The Morgan fingerprint density at radius 3 is 2.75 bits per heavy atom. The number of nitrogens with one attached hydrogen (secondary N) is 1. The molecule has 0 spiro atoms. The first-order valence-corrected chi connectivity index (χ1v) is 8.66. The number of rotatable bonds is 4. The summed E-state index contributed by atoms with van der Waals surface area (Å²) in [5.41, 5.74) is 6.58. The maximum atomic E-state index is 5.64. The van der Waals surface area contributed by atoms with Crippen molar-refractivity contribution < 1.29 is 9.31 Å². The molecule has 2 aromatic carbocycles. The molecular formula is C21H23N2O+. The fourth-order valence-corrected chi connectivity index (χ4v) is 3.63. The lowest BCUT2D eigenvalue weighted by Gasteiger charge is -2.14. The van der Waals surface area contributed by atoms with Crippen LogP contribution in [-0.2, 0) is 13.0 Å². The zero-order valence-electron chi connectivity index (χ0n) is 14.3. The van der Waals surface area contributed by atoms with Gasteiger partial charge in [0.1, 0.15) is 18.0 Å². The minimum Gasteiger partial charge on any atom is -0.494 e. The van der Waals surface area contributed by atoms with E-state index in [1.54, 1.807) is 0 Å².